The zero-order chi connectivity index (χ0) is 13.6. The molecule has 7 nitrogen and oxygen atoms in total. The van der Waals surface area contributed by atoms with Crippen LogP contribution in [0.2, 0.25) is 0 Å². The minimum absolute atomic E-state index is 0.0700. The number of nitrogens with two attached hydrogens (primary N) is 1. The van der Waals surface area contributed by atoms with Crippen molar-refractivity contribution in [3.63, 3.8) is 0 Å². The number of alkyl halides is 1. The van der Waals surface area contributed by atoms with Crippen LogP contribution in [-0.4, -0.2) is 67.4 Å². The Hall–Kier alpha value is -0.380. The van der Waals surface area contributed by atoms with Gasteiger partial charge in [-0.3, -0.25) is 0 Å². The van der Waals surface area contributed by atoms with Gasteiger partial charge in [-0.25, -0.2) is 5.14 Å². The summed E-state index contributed by atoms with van der Waals surface area (Å²) in [7, 11) is -3.89. The molecule has 1 heterocycles. The SMILES string of the molecule is NS(=O)(=O)N=C1N(CCCO)CCN1CCCBr. The Balaban J connectivity index is 2.79. The van der Waals surface area contributed by atoms with E-state index in [-0.39, 0.29) is 6.61 Å². The van der Waals surface area contributed by atoms with Gasteiger partial charge in [-0.1, -0.05) is 15.9 Å². The largest absolute Gasteiger partial charge is 0.396 e. The van der Waals surface area contributed by atoms with E-state index in [1.54, 1.807) is 0 Å². The highest BCUT2D eigenvalue weighted by Crippen LogP contribution is 2.11. The number of hydrogen-bond acceptors (Lipinski definition) is 3. The Labute approximate surface area is 116 Å². The van der Waals surface area contributed by atoms with Crippen LogP contribution in [0.25, 0.3) is 0 Å². The summed E-state index contributed by atoms with van der Waals surface area (Å²) >= 11 is 3.34. The van der Waals surface area contributed by atoms with E-state index >= 15 is 0 Å². The summed E-state index contributed by atoms with van der Waals surface area (Å²) in [6.07, 6.45) is 1.48. The molecule has 0 saturated carbocycles. The van der Waals surface area contributed by atoms with Crippen molar-refractivity contribution in [1.29, 1.82) is 0 Å². The average molecular weight is 343 g/mol. The third kappa shape index (κ3) is 5.09. The number of halogens is 1. The van der Waals surface area contributed by atoms with Crippen LogP contribution in [0, 0.1) is 0 Å². The van der Waals surface area contributed by atoms with E-state index < -0.39 is 10.2 Å². The van der Waals surface area contributed by atoms with Crippen molar-refractivity contribution < 1.29 is 13.5 Å². The maximum atomic E-state index is 11.1. The molecule has 0 aromatic carbocycles. The van der Waals surface area contributed by atoms with Crippen LogP contribution in [0.3, 0.4) is 0 Å². The second-order valence-corrected chi connectivity index (χ2v) is 6.01. The number of nitrogens with zero attached hydrogens (tertiary/aromatic N) is 3. The topological polar surface area (TPSA) is 99.2 Å². The van der Waals surface area contributed by atoms with Crippen LogP contribution < -0.4 is 5.14 Å². The maximum absolute atomic E-state index is 11.1. The predicted octanol–water partition coefficient (Wildman–Crippen LogP) is -0.669. The first-order valence-electron chi connectivity index (χ1n) is 5.77. The zero-order valence-electron chi connectivity index (χ0n) is 10.1. The van der Waals surface area contributed by atoms with E-state index in [4.69, 9.17) is 10.2 Å². The monoisotopic (exact) mass is 342 g/mol. The summed E-state index contributed by atoms with van der Waals surface area (Å²) in [5, 5.41) is 14.6. The van der Waals surface area contributed by atoms with E-state index in [1.165, 1.54) is 0 Å². The third-order valence-corrected chi connectivity index (χ3v) is 3.54. The molecule has 0 aliphatic carbocycles. The molecule has 1 saturated heterocycles. The van der Waals surface area contributed by atoms with Gasteiger partial charge < -0.3 is 14.9 Å². The van der Waals surface area contributed by atoms with Crippen LogP contribution in [0.15, 0.2) is 4.40 Å². The highest BCUT2D eigenvalue weighted by atomic mass is 79.9. The van der Waals surface area contributed by atoms with Crippen molar-refractivity contribution >= 4 is 32.1 Å². The van der Waals surface area contributed by atoms with Gasteiger partial charge in [-0.15, -0.1) is 4.40 Å². The predicted molar refractivity (Wildman–Crippen MR) is 73.8 cm³/mol. The molecule has 3 N–H and O–H groups in total. The fourth-order valence-corrected chi connectivity index (χ4v) is 2.52. The second-order valence-electron chi connectivity index (χ2n) is 4.00. The first kappa shape index (κ1) is 15.7. The number of guanidine groups is 1. The second kappa shape index (κ2) is 7.27. The number of rotatable bonds is 7. The summed E-state index contributed by atoms with van der Waals surface area (Å²) in [5.74, 6) is 0.395. The van der Waals surface area contributed by atoms with E-state index in [0.717, 1.165) is 24.8 Å². The minimum Gasteiger partial charge on any atom is -0.396 e. The average Bonchev–Trinajstić information content (AvgIpc) is 2.64. The Morgan fingerprint density at radius 1 is 1.28 bits per heavy atom. The number of hydrogen-bond donors (Lipinski definition) is 2. The smallest absolute Gasteiger partial charge is 0.320 e. The molecular formula is C9H19BrN4O3S. The molecule has 0 aromatic heterocycles. The lowest BCUT2D eigenvalue weighted by atomic mass is 10.4. The molecule has 1 rings (SSSR count). The third-order valence-electron chi connectivity index (χ3n) is 2.56. The van der Waals surface area contributed by atoms with Gasteiger partial charge in [0.05, 0.1) is 0 Å². The van der Waals surface area contributed by atoms with E-state index in [1.807, 2.05) is 9.80 Å². The molecule has 0 atom stereocenters. The van der Waals surface area contributed by atoms with Gasteiger partial charge in [0.15, 0.2) is 0 Å². The zero-order valence-corrected chi connectivity index (χ0v) is 12.5. The van der Waals surface area contributed by atoms with Crippen LogP contribution in [0.4, 0.5) is 0 Å². The lowest BCUT2D eigenvalue weighted by Crippen LogP contribution is -2.36. The Morgan fingerprint density at radius 3 is 2.28 bits per heavy atom. The van der Waals surface area contributed by atoms with Gasteiger partial charge in [0.1, 0.15) is 0 Å². The van der Waals surface area contributed by atoms with E-state index in [0.29, 0.717) is 25.5 Å². The van der Waals surface area contributed by atoms with Crippen LogP contribution in [-0.2, 0) is 10.2 Å². The Bertz CT molecular complexity index is 369. The molecule has 0 amide bonds. The molecule has 1 fully saturated rings. The molecule has 18 heavy (non-hydrogen) atoms. The summed E-state index contributed by atoms with van der Waals surface area (Å²) < 4.78 is 25.8. The van der Waals surface area contributed by atoms with Crippen molar-refractivity contribution in [3.8, 4) is 0 Å². The van der Waals surface area contributed by atoms with Gasteiger partial charge in [0, 0.05) is 38.1 Å². The minimum atomic E-state index is -3.89. The summed E-state index contributed by atoms with van der Waals surface area (Å²) in [6.45, 7) is 2.81. The van der Waals surface area contributed by atoms with Crippen molar-refractivity contribution in [2.24, 2.45) is 9.54 Å². The quantitative estimate of drug-likeness (QED) is 0.598. The first-order chi connectivity index (χ1) is 8.48. The number of aliphatic hydroxyl groups excluding tert-OH is 1. The van der Waals surface area contributed by atoms with Crippen molar-refractivity contribution in [2.75, 3.05) is 38.1 Å². The summed E-state index contributed by atoms with van der Waals surface area (Å²) in [5.41, 5.74) is 0. The van der Waals surface area contributed by atoms with Gasteiger partial charge in [-0.05, 0) is 12.8 Å². The molecule has 1 aliphatic rings. The molecule has 0 bridgehead atoms. The van der Waals surface area contributed by atoms with Gasteiger partial charge in [0.25, 0.3) is 0 Å². The highest BCUT2D eigenvalue weighted by Gasteiger charge is 2.27. The van der Waals surface area contributed by atoms with Crippen molar-refractivity contribution in [2.45, 2.75) is 12.8 Å². The molecule has 0 spiro atoms. The molecule has 1 aliphatic heterocycles. The fourth-order valence-electron chi connectivity index (χ4n) is 1.81. The van der Waals surface area contributed by atoms with Gasteiger partial charge >= 0.3 is 10.2 Å². The Kier molecular flexibility index (Phi) is 6.33. The van der Waals surface area contributed by atoms with Crippen molar-refractivity contribution in [3.05, 3.63) is 0 Å². The van der Waals surface area contributed by atoms with Crippen LogP contribution in [0.1, 0.15) is 12.8 Å². The standard InChI is InChI=1S/C9H19BrN4O3S/c10-3-1-4-13-6-7-14(5-2-8-15)9(13)12-18(11,16)17/h15H,1-8H2,(H2,11,16,17). The molecule has 0 aromatic rings. The summed E-state index contributed by atoms with van der Waals surface area (Å²) in [4.78, 5) is 3.75. The normalized spacial score (nSPS) is 18.9. The molecule has 0 unspecified atom stereocenters. The molecule has 9 heteroatoms. The van der Waals surface area contributed by atoms with Gasteiger partial charge in [-0.2, -0.15) is 8.42 Å². The Morgan fingerprint density at radius 2 is 1.83 bits per heavy atom. The maximum Gasteiger partial charge on any atom is 0.320 e. The van der Waals surface area contributed by atoms with Gasteiger partial charge in [0.2, 0.25) is 5.96 Å². The lowest BCUT2D eigenvalue weighted by molar-refractivity contribution is 0.271. The number of aliphatic hydroxyl groups is 1. The molecule has 0 radical (unpaired) electrons. The van der Waals surface area contributed by atoms with E-state index in [9.17, 15) is 8.42 Å². The van der Waals surface area contributed by atoms with Crippen molar-refractivity contribution in [1.82, 2.24) is 9.80 Å². The lowest BCUT2D eigenvalue weighted by Gasteiger charge is -2.22. The summed E-state index contributed by atoms with van der Waals surface area (Å²) in [6, 6.07) is 0. The first-order valence-corrected chi connectivity index (χ1v) is 8.40. The van der Waals surface area contributed by atoms with Crippen LogP contribution in [0.5, 0.6) is 0 Å². The van der Waals surface area contributed by atoms with Crippen LogP contribution >= 0.6 is 15.9 Å². The molecule has 106 valence electrons. The molecular weight excluding hydrogens is 324 g/mol. The highest BCUT2D eigenvalue weighted by molar-refractivity contribution is 9.09. The van der Waals surface area contributed by atoms with E-state index in [2.05, 4.69) is 20.3 Å². The fraction of sp³-hybridized carbons (Fsp3) is 0.889.